The third-order valence-electron chi connectivity index (χ3n) is 2.93. The van der Waals surface area contributed by atoms with E-state index in [2.05, 4.69) is 5.32 Å². The van der Waals surface area contributed by atoms with Crippen LogP contribution < -0.4 is 11.1 Å². The average molecular weight is 306 g/mol. The molecular weight excluding hydrogens is 294 g/mol. The van der Waals surface area contributed by atoms with Crippen LogP contribution in [-0.2, 0) is 0 Å². The number of benzene rings is 2. The minimum atomic E-state index is -0.599. The zero-order valence-electron chi connectivity index (χ0n) is 11.1. The maximum absolute atomic E-state index is 12.1. The number of nitro benzene ring substituents is 1. The summed E-state index contributed by atoms with van der Waals surface area (Å²) in [4.78, 5) is 22.2. The normalized spacial score (nSPS) is 10.2. The number of rotatable bonds is 3. The highest BCUT2D eigenvalue weighted by Gasteiger charge is 2.15. The molecule has 0 radical (unpaired) electrons. The topological polar surface area (TPSA) is 98.3 Å². The summed E-state index contributed by atoms with van der Waals surface area (Å²) in [7, 11) is 0. The number of nitrogens with two attached hydrogens (primary N) is 1. The van der Waals surface area contributed by atoms with Crippen LogP contribution in [-0.4, -0.2) is 10.8 Å². The van der Waals surface area contributed by atoms with Gasteiger partial charge >= 0.3 is 0 Å². The van der Waals surface area contributed by atoms with Gasteiger partial charge in [0.2, 0.25) is 0 Å². The third-order valence-corrected chi connectivity index (χ3v) is 3.17. The molecular formula is C14H12ClN3O3. The van der Waals surface area contributed by atoms with Crippen molar-refractivity contribution in [2.24, 2.45) is 0 Å². The summed E-state index contributed by atoms with van der Waals surface area (Å²) in [6.07, 6.45) is 0. The molecule has 108 valence electrons. The molecule has 0 fully saturated rings. The van der Waals surface area contributed by atoms with Crippen LogP contribution in [0.5, 0.6) is 0 Å². The SMILES string of the molecule is Cc1ccc(Cl)cc1NC(=O)c1ccc([N+](=O)[O-])c(N)c1. The Hall–Kier alpha value is -2.60. The molecule has 0 aliphatic heterocycles. The highest BCUT2D eigenvalue weighted by molar-refractivity contribution is 6.31. The van der Waals surface area contributed by atoms with Crippen molar-refractivity contribution >= 4 is 34.6 Å². The summed E-state index contributed by atoms with van der Waals surface area (Å²) in [5.74, 6) is -0.415. The number of nitro groups is 1. The molecule has 21 heavy (non-hydrogen) atoms. The van der Waals surface area contributed by atoms with E-state index in [0.29, 0.717) is 10.7 Å². The molecule has 1 amide bonds. The maximum Gasteiger partial charge on any atom is 0.292 e. The molecule has 0 aliphatic rings. The van der Waals surface area contributed by atoms with Crippen LogP contribution in [0.3, 0.4) is 0 Å². The second kappa shape index (κ2) is 5.80. The molecule has 0 aliphatic carbocycles. The van der Waals surface area contributed by atoms with Gasteiger partial charge in [-0.2, -0.15) is 0 Å². The molecule has 0 unspecified atom stereocenters. The first kappa shape index (κ1) is 14.8. The van der Waals surface area contributed by atoms with Gasteiger partial charge in [-0.05, 0) is 36.8 Å². The van der Waals surface area contributed by atoms with E-state index in [-0.39, 0.29) is 16.9 Å². The molecule has 0 aromatic heterocycles. The first-order valence-corrected chi connectivity index (χ1v) is 6.37. The Morgan fingerprint density at radius 1 is 1.29 bits per heavy atom. The van der Waals surface area contributed by atoms with Crippen molar-refractivity contribution in [3.63, 3.8) is 0 Å². The number of carbonyl (C=O) groups excluding carboxylic acids is 1. The Labute approximate surface area is 125 Å². The van der Waals surface area contributed by atoms with E-state index >= 15 is 0 Å². The van der Waals surface area contributed by atoms with E-state index in [1.165, 1.54) is 18.2 Å². The Balaban J connectivity index is 2.26. The smallest absolute Gasteiger partial charge is 0.292 e. The standard InChI is InChI=1S/C14H12ClN3O3/c1-8-2-4-10(15)7-12(8)17-14(19)9-3-5-13(18(20)21)11(16)6-9/h2-7H,16H2,1H3,(H,17,19). The second-order valence-electron chi connectivity index (χ2n) is 4.44. The van der Waals surface area contributed by atoms with Gasteiger partial charge in [0.25, 0.3) is 11.6 Å². The van der Waals surface area contributed by atoms with Gasteiger partial charge in [0.1, 0.15) is 5.69 Å². The quantitative estimate of drug-likeness (QED) is 0.516. The van der Waals surface area contributed by atoms with Crippen LogP contribution in [0.4, 0.5) is 17.1 Å². The largest absolute Gasteiger partial charge is 0.393 e. The predicted octanol–water partition coefficient (Wildman–Crippen LogP) is 3.39. The van der Waals surface area contributed by atoms with E-state index in [4.69, 9.17) is 17.3 Å². The van der Waals surface area contributed by atoms with Crippen molar-refractivity contribution in [3.05, 3.63) is 62.7 Å². The van der Waals surface area contributed by atoms with E-state index in [9.17, 15) is 14.9 Å². The van der Waals surface area contributed by atoms with E-state index in [0.717, 1.165) is 5.56 Å². The molecule has 0 saturated carbocycles. The molecule has 0 saturated heterocycles. The van der Waals surface area contributed by atoms with Crippen LogP contribution in [0.25, 0.3) is 0 Å². The van der Waals surface area contributed by atoms with E-state index in [1.54, 1.807) is 18.2 Å². The fourth-order valence-corrected chi connectivity index (χ4v) is 1.96. The van der Waals surface area contributed by atoms with Crippen molar-refractivity contribution in [1.82, 2.24) is 0 Å². The summed E-state index contributed by atoms with van der Waals surface area (Å²) in [6, 6.07) is 8.95. The fraction of sp³-hybridized carbons (Fsp3) is 0.0714. The zero-order valence-corrected chi connectivity index (χ0v) is 11.8. The third kappa shape index (κ3) is 3.29. The lowest BCUT2D eigenvalue weighted by molar-refractivity contribution is -0.383. The van der Waals surface area contributed by atoms with Gasteiger partial charge in [0.15, 0.2) is 0 Å². The molecule has 7 heteroatoms. The van der Waals surface area contributed by atoms with Gasteiger partial charge in [0.05, 0.1) is 4.92 Å². The number of aryl methyl sites for hydroxylation is 1. The highest BCUT2D eigenvalue weighted by Crippen LogP contribution is 2.24. The maximum atomic E-state index is 12.1. The van der Waals surface area contributed by atoms with Gasteiger partial charge in [-0.3, -0.25) is 14.9 Å². The van der Waals surface area contributed by atoms with Crippen LogP contribution >= 0.6 is 11.6 Å². The number of amides is 1. The number of halogens is 1. The van der Waals surface area contributed by atoms with Crippen molar-refractivity contribution in [2.45, 2.75) is 6.92 Å². The van der Waals surface area contributed by atoms with Crippen molar-refractivity contribution < 1.29 is 9.72 Å². The lowest BCUT2D eigenvalue weighted by atomic mass is 10.1. The molecule has 2 rings (SSSR count). The summed E-state index contributed by atoms with van der Waals surface area (Å²) >= 11 is 5.88. The Morgan fingerprint density at radius 2 is 2.00 bits per heavy atom. The molecule has 0 spiro atoms. The second-order valence-corrected chi connectivity index (χ2v) is 4.88. The highest BCUT2D eigenvalue weighted by atomic mass is 35.5. The molecule has 2 aromatic rings. The van der Waals surface area contributed by atoms with Crippen LogP contribution in [0.1, 0.15) is 15.9 Å². The van der Waals surface area contributed by atoms with E-state index < -0.39 is 10.8 Å². The van der Waals surface area contributed by atoms with Crippen LogP contribution in [0, 0.1) is 17.0 Å². The van der Waals surface area contributed by atoms with Crippen molar-refractivity contribution in [1.29, 1.82) is 0 Å². The number of anilines is 2. The molecule has 3 N–H and O–H groups in total. The number of hydrogen-bond acceptors (Lipinski definition) is 4. The minimum absolute atomic E-state index is 0.0598. The monoisotopic (exact) mass is 305 g/mol. The lowest BCUT2D eigenvalue weighted by Crippen LogP contribution is -2.13. The van der Waals surface area contributed by atoms with Gasteiger partial charge in [-0.15, -0.1) is 0 Å². The summed E-state index contributed by atoms with van der Waals surface area (Å²) < 4.78 is 0. The first-order valence-electron chi connectivity index (χ1n) is 6.00. The van der Waals surface area contributed by atoms with Gasteiger partial charge in [0, 0.05) is 22.3 Å². The summed E-state index contributed by atoms with van der Waals surface area (Å²) in [5.41, 5.74) is 6.93. The molecule has 0 atom stereocenters. The number of nitrogen functional groups attached to an aromatic ring is 1. The summed E-state index contributed by atoms with van der Waals surface area (Å²) in [6.45, 7) is 1.83. The van der Waals surface area contributed by atoms with Gasteiger partial charge < -0.3 is 11.1 Å². The molecule has 6 nitrogen and oxygen atoms in total. The number of nitrogens with one attached hydrogen (secondary N) is 1. The Morgan fingerprint density at radius 3 is 2.62 bits per heavy atom. The minimum Gasteiger partial charge on any atom is -0.393 e. The van der Waals surface area contributed by atoms with Gasteiger partial charge in [-0.25, -0.2) is 0 Å². The van der Waals surface area contributed by atoms with Gasteiger partial charge in [-0.1, -0.05) is 17.7 Å². The Kier molecular flexibility index (Phi) is 4.09. The lowest BCUT2D eigenvalue weighted by Gasteiger charge is -2.09. The molecule has 0 bridgehead atoms. The van der Waals surface area contributed by atoms with Crippen molar-refractivity contribution in [3.8, 4) is 0 Å². The number of nitrogens with zero attached hydrogens (tertiary/aromatic N) is 1. The van der Waals surface area contributed by atoms with Crippen molar-refractivity contribution in [2.75, 3.05) is 11.1 Å². The first-order chi connectivity index (χ1) is 9.88. The number of carbonyl (C=O) groups is 1. The zero-order chi connectivity index (χ0) is 15.6. The molecule has 0 heterocycles. The predicted molar refractivity (Wildman–Crippen MR) is 81.7 cm³/mol. The molecule has 2 aromatic carbocycles. The van der Waals surface area contributed by atoms with Crippen LogP contribution in [0.15, 0.2) is 36.4 Å². The Bertz CT molecular complexity index is 731. The van der Waals surface area contributed by atoms with E-state index in [1.807, 2.05) is 6.92 Å². The average Bonchev–Trinajstić information content (AvgIpc) is 2.42. The fourth-order valence-electron chi connectivity index (χ4n) is 1.79. The summed E-state index contributed by atoms with van der Waals surface area (Å²) in [5, 5.41) is 13.9. The number of hydrogen-bond donors (Lipinski definition) is 2. The van der Waals surface area contributed by atoms with Crippen LogP contribution in [0.2, 0.25) is 5.02 Å².